The van der Waals surface area contributed by atoms with Gasteiger partial charge in [0.1, 0.15) is 24.2 Å². The van der Waals surface area contributed by atoms with E-state index in [4.69, 9.17) is 0 Å². The SMILES string of the molecule is CN[C@@H](C)C(=O)NC(Cc1ccc(/C=C/c2ccc(C(=O)NC3CC(C(=O)NC4CCCc5ccccc54)N(C(=O)C(NC(=O)[C@H](C)NC)C(C)(C)C)C3)cc2)cc1)C(=O)N1Cc2ccccc2CC1C(=O)NC1CCCc2ccccc21. The summed E-state index contributed by atoms with van der Waals surface area (Å²) in [5.41, 5.74) is 8.85. The number of carbonyl (C=O) groups is 7. The summed E-state index contributed by atoms with van der Waals surface area (Å²) >= 11 is 0. The fourth-order valence-corrected chi connectivity index (χ4v) is 12.0. The van der Waals surface area contributed by atoms with Gasteiger partial charge in [-0.2, -0.15) is 0 Å². The van der Waals surface area contributed by atoms with Crippen molar-refractivity contribution in [2.24, 2.45) is 5.41 Å². The van der Waals surface area contributed by atoms with Crippen LogP contribution in [0.25, 0.3) is 12.2 Å². The fourth-order valence-electron chi connectivity index (χ4n) is 12.0. The molecule has 2 heterocycles. The number of amides is 7. The highest BCUT2D eigenvalue weighted by molar-refractivity contribution is 5.97. The van der Waals surface area contributed by atoms with E-state index in [9.17, 15) is 33.6 Å². The summed E-state index contributed by atoms with van der Waals surface area (Å²) in [5.74, 6) is -2.24. The molecule has 2 aliphatic carbocycles. The van der Waals surface area contributed by atoms with Gasteiger partial charge >= 0.3 is 0 Å². The van der Waals surface area contributed by atoms with Crippen molar-refractivity contribution < 1.29 is 33.6 Å². The van der Waals surface area contributed by atoms with Crippen molar-refractivity contribution in [3.8, 4) is 0 Å². The second-order valence-corrected chi connectivity index (χ2v) is 24.0. The molecule has 1 fully saturated rings. The minimum absolute atomic E-state index is 0.0812. The van der Waals surface area contributed by atoms with Gasteiger partial charge < -0.3 is 47.0 Å². The van der Waals surface area contributed by atoms with Crippen molar-refractivity contribution in [3.05, 3.63) is 177 Å². The number of likely N-dealkylation sites (tertiary alicyclic amines) is 1. The smallest absolute Gasteiger partial charge is 0.251 e. The second-order valence-electron chi connectivity index (χ2n) is 24.0. The lowest BCUT2D eigenvalue weighted by atomic mass is 9.85. The van der Waals surface area contributed by atoms with Crippen molar-refractivity contribution in [2.45, 2.75) is 153 Å². The molecule has 0 radical (unpaired) electrons. The number of likely N-dealkylation sites (N-methyl/N-ethyl adjacent to an activating group) is 2. The first-order valence-corrected chi connectivity index (χ1v) is 29.5. The molecule has 0 aromatic heterocycles. The zero-order valence-corrected chi connectivity index (χ0v) is 48.9. The Balaban J connectivity index is 0.863. The molecular weight excluding hydrogens is 1040 g/mol. The molecule has 0 saturated carbocycles. The summed E-state index contributed by atoms with van der Waals surface area (Å²) < 4.78 is 0. The van der Waals surface area contributed by atoms with Crippen molar-refractivity contribution in [2.75, 3.05) is 20.6 Å². The number of hydrogen-bond acceptors (Lipinski definition) is 9. The van der Waals surface area contributed by atoms with Gasteiger partial charge in [0.25, 0.3) is 5.91 Å². The zero-order valence-electron chi connectivity index (χ0n) is 48.9. The van der Waals surface area contributed by atoms with Crippen LogP contribution in [0, 0.1) is 5.41 Å². The van der Waals surface area contributed by atoms with Gasteiger partial charge in [-0.1, -0.05) is 142 Å². The maximum Gasteiger partial charge on any atom is 0.251 e. The van der Waals surface area contributed by atoms with Gasteiger partial charge in [-0.25, -0.2) is 0 Å². The molecule has 7 amide bonds. The molecule has 7 unspecified atom stereocenters. The quantitative estimate of drug-likeness (QED) is 0.0467. The highest BCUT2D eigenvalue weighted by Crippen LogP contribution is 2.34. The predicted molar refractivity (Wildman–Crippen MR) is 322 cm³/mol. The van der Waals surface area contributed by atoms with Crippen LogP contribution in [0.4, 0.5) is 0 Å². The minimum Gasteiger partial charge on any atom is -0.347 e. The molecule has 16 heteroatoms. The van der Waals surface area contributed by atoms with Gasteiger partial charge in [0.15, 0.2) is 0 Å². The molecule has 0 bridgehead atoms. The molecule has 4 aliphatic rings. The van der Waals surface area contributed by atoms with Crippen LogP contribution in [-0.2, 0) is 61.0 Å². The molecule has 1 saturated heterocycles. The van der Waals surface area contributed by atoms with E-state index >= 15 is 0 Å². The Hall–Kier alpha value is -7.95. The standard InChI is InChI=1S/C67H81N9O7/c1-41(68-6)60(77)73-56(65(82)75-39-50-19-9-8-18-49(50)37-57(75)63(80)71-54-24-14-20-46-16-10-12-22-52(46)54)36-45-30-28-43(29-31-45)26-27-44-32-34-48(35-33-44)62(79)70-51-38-58(64(81)72-55-25-15-21-47-17-11-13-23-53(47)55)76(40-51)66(83)59(67(3,4)5)74-61(78)42(2)69-7/h8-13,16-19,22-23,26-35,41-42,51,54-59,68-69H,14-15,20-21,24-25,36-40H2,1-7H3,(H,70,79)(H,71,80)(H,72,81)(H,73,77)(H,74,78)/b27-26+/t41-,42-,51?,54?,55?,56?,57?,58?,59?/m0/s1. The molecule has 0 spiro atoms. The van der Waals surface area contributed by atoms with Crippen LogP contribution in [0.2, 0.25) is 0 Å². The summed E-state index contributed by atoms with van der Waals surface area (Å²) in [7, 11) is 3.37. The van der Waals surface area contributed by atoms with Gasteiger partial charge in [0, 0.05) is 37.5 Å². The fraction of sp³-hybridized carbons (Fsp3) is 0.418. The van der Waals surface area contributed by atoms with E-state index in [1.165, 1.54) is 16.0 Å². The number of carbonyl (C=O) groups excluding carboxylic acids is 7. The van der Waals surface area contributed by atoms with Gasteiger partial charge in [-0.15, -0.1) is 0 Å². The highest BCUT2D eigenvalue weighted by atomic mass is 16.2. The summed E-state index contributed by atoms with van der Waals surface area (Å²) in [6.07, 6.45) is 9.97. The van der Waals surface area contributed by atoms with E-state index in [1.807, 2.05) is 124 Å². The molecule has 436 valence electrons. The van der Waals surface area contributed by atoms with Gasteiger partial charge in [-0.3, -0.25) is 33.6 Å². The number of rotatable bonds is 18. The number of fused-ring (bicyclic) bond motifs is 3. The summed E-state index contributed by atoms with van der Waals surface area (Å²) in [4.78, 5) is 102. The Morgan fingerprint density at radius 3 is 1.64 bits per heavy atom. The van der Waals surface area contributed by atoms with Crippen LogP contribution in [0.5, 0.6) is 0 Å². The van der Waals surface area contributed by atoms with Crippen LogP contribution in [0.1, 0.15) is 139 Å². The molecule has 5 aromatic carbocycles. The maximum atomic E-state index is 14.9. The molecule has 9 atom stereocenters. The largest absolute Gasteiger partial charge is 0.347 e. The Morgan fingerprint density at radius 2 is 1.08 bits per heavy atom. The molecular formula is C67H81N9O7. The lowest BCUT2D eigenvalue weighted by Gasteiger charge is -2.39. The van der Waals surface area contributed by atoms with Gasteiger partial charge in [0.05, 0.1) is 24.2 Å². The average molecular weight is 1120 g/mol. The van der Waals surface area contributed by atoms with Crippen LogP contribution in [0.3, 0.4) is 0 Å². The van der Waals surface area contributed by atoms with Crippen molar-refractivity contribution >= 4 is 53.5 Å². The molecule has 2 aliphatic heterocycles. The van der Waals surface area contributed by atoms with E-state index in [-0.39, 0.29) is 79.4 Å². The summed E-state index contributed by atoms with van der Waals surface area (Å²) in [5, 5.41) is 21.5. The third-order valence-corrected chi connectivity index (χ3v) is 17.2. The number of nitrogens with zero attached hydrogens (tertiary/aromatic N) is 2. The minimum atomic E-state index is -0.959. The van der Waals surface area contributed by atoms with Gasteiger partial charge in [0.2, 0.25) is 35.4 Å². The maximum absolute atomic E-state index is 14.9. The Kier molecular flexibility index (Phi) is 19.1. The number of aryl methyl sites for hydroxylation is 2. The first-order valence-electron chi connectivity index (χ1n) is 29.5. The second kappa shape index (κ2) is 26.5. The zero-order chi connectivity index (χ0) is 59.0. The third kappa shape index (κ3) is 14.3. The average Bonchev–Trinajstić information content (AvgIpc) is 3.99. The topological polar surface area (TPSA) is 210 Å². The van der Waals surface area contributed by atoms with Crippen molar-refractivity contribution in [1.29, 1.82) is 0 Å². The molecule has 7 N–H and O–H groups in total. The summed E-state index contributed by atoms with van der Waals surface area (Å²) in [6, 6.07) is 33.5. The van der Waals surface area contributed by atoms with Crippen molar-refractivity contribution in [1.82, 2.24) is 47.0 Å². The first-order chi connectivity index (χ1) is 39.9. The Labute approximate surface area is 488 Å². The Bertz CT molecular complexity index is 3210. The van der Waals surface area contributed by atoms with Crippen LogP contribution in [-0.4, -0.2) is 114 Å². The van der Waals surface area contributed by atoms with E-state index in [1.54, 1.807) is 45.0 Å². The molecule has 83 heavy (non-hydrogen) atoms. The van der Waals surface area contributed by atoms with E-state index in [0.717, 1.165) is 77.5 Å². The van der Waals surface area contributed by atoms with E-state index < -0.39 is 47.7 Å². The first kappa shape index (κ1) is 59.7. The third-order valence-electron chi connectivity index (χ3n) is 17.2. The van der Waals surface area contributed by atoms with E-state index in [2.05, 4.69) is 55.4 Å². The van der Waals surface area contributed by atoms with E-state index in [0.29, 0.717) is 12.0 Å². The molecule has 16 nitrogen and oxygen atoms in total. The predicted octanol–water partition coefficient (Wildman–Crippen LogP) is 6.67. The summed E-state index contributed by atoms with van der Waals surface area (Å²) in [6.45, 7) is 9.39. The van der Waals surface area contributed by atoms with Crippen molar-refractivity contribution in [3.63, 3.8) is 0 Å². The lowest BCUT2D eigenvalue weighted by Crippen LogP contribution is -2.59. The monoisotopic (exact) mass is 1120 g/mol. The van der Waals surface area contributed by atoms with Crippen LogP contribution < -0.4 is 37.2 Å². The normalized spacial score (nSPS) is 20.8. The number of benzene rings is 5. The lowest BCUT2D eigenvalue weighted by molar-refractivity contribution is -0.145. The molecule has 9 rings (SSSR count). The van der Waals surface area contributed by atoms with Crippen LogP contribution in [0.15, 0.2) is 121 Å². The number of hydrogen-bond donors (Lipinski definition) is 7. The highest BCUT2D eigenvalue weighted by Gasteiger charge is 2.46. The van der Waals surface area contributed by atoms with Gasteiger partial charge in [-0.05, 0) is 141 Å². The van der Waals surface area contributed by atoms with Crippen LogP contribution >= 0.6 is 0 Å². The Morgan fingerprint density at radius 1 is 0.578 bits per heavy atom. The molecule has 5 aromatic rings. The number of nitrogens with one attached hydrogen (secondary N) is 7.